The van der Waals surface area contributed by atoms with E-state index in [1.807, 2.05) is 13.8 Å². The van der Waals surface area contributed by atoms with Gasteiger partial charge in [0.1, 0.15) is 12.3 Å². The standard InChI is InChI=1S/C11H12F3N3O/c1-7(2)9-4-15-10(18-9)8-3-16-17(5-8)6-11(12,13)14/h3-5,7H,6H2,1-2H3. The summed E-state index contributed by atoms with van der Waals surface area (Å²) in [4.78, 5) is 4.02. The van der Waals surface area contributed by atoms with Gasteiger partial charge in [-0.2, -0.15) is 18.3 Å². The van der Waals surface area contributed by atoms with Crippen LogP contribution in [0.3, 0.4) is 0 Å². The fourth-order valence-electron chi connectivity index (χ4n) is 1.43. The lowest BCUT2D eigenvalue weighted by molar-refractivity contribution is -0.142. The summed E-state index contributed by atoms with van der Waals surface area (Å²) in [6.07, 6.45) is -0.144. The van der Waals surface area contributed by atoms with Gasteiger partial charge in [-0.25, -0.2) is 4.98 Å². The van der Waals surface area contributed by atoms with Crippen molar-refractivity contribution < 1.29 is 17.6 Å². The number of nitrogens with zero attached hydrogens (tertiary/aromatic N) is 3. The summed E-state index contributed by atoms with van der Waals surface area (Å²) in [7, 11) is 0. The Kier molecular flexibility index (Phi) is 3.14. The smallest absolute Gasteiger partial charge is 0.408 e. The Hall–Kier alpha value is -1.79. The first kappa shape index (κ1) is 12.7. The average molecular weight is 259 g/mol. The molecule has 0 aliphatic heterocycles. The summed E-state index contributed by atoms with van der Waals surface area (Å²) in [6, 6.07) is 0. The number of alkyl halides is 3. The molecule has 0 atom stereocenters. The Morgan fingerprint density at radius 2 is 2.06 bits per heavy atom. The number of halogens is 3. The molecule has 4 nitrogen and oxygen atoms in total. The Morgan fingerprint density at radius 1 is 1.33 bits per heavy atom. The molecule has 98 valence electrons. The van der Waals surface area contributed by atoms with E-state index >= 15 is 0 Å². The van der Waals surface area contributed by atoms with Gasteiger partial charge in [-0.15, -0.1) is 0 Å². The van der Waals surface area contributed by atoms with Gasteiger partial charge in [-0.3, -0.25) is 4.68 Å². The average Bonchev–Trinajstić information content (AvgIpc) is 2.81. The van der Waals surface area contributed by atoms with Crippen LogP contribution in [0, 0.1) is 0 Å². The zero-order chi connectivity index (χ0) is 13.3. The van der Waals surface area contributed by atoms with Crippen LogP contribution in [-0.4, -0.2) is 20.9 Å². The van der Waals surface area contributed by atoms with E-state index in [2.05, 4.69) is 10.1 Å². The maximum Gasteiger partial charge on any atom is 0.408 e. The second-order valence-corrected chi connectivity index (χ2v) is 4.26. The van der Waals surface area contributed by atoms with Crippen molar-refractivity contribution in [2.24, 2.45) is 0 Å². The van der Waals surface area contributed by atoms with Gasteiger partial charge in [-0.1, -0.05) is 13.8 Å². The third-order valence-corrected chi connectivity index (χ3v) is 2.31. The Bertz CT molecular complexity index is 528. The molecule has 7 heteroatoms. The van der Waals surface area contributed by atoms with Gasteiger partial charge in [0, 0.05) is 12.1 Å². The molecular weight excluding hydrogens is 247 g/mol. The first-order valence-electron chi connectivity index (χ1n) is 5.40. The van der Waals surface area contributed by atoms with Crippen LogP contribution in [-0.2, 0) is 6.54 Å². The van der Waals surface area contributed by atoms with Crippen LogP contribution in [0.15, 0.2) is 23.0 Å². The normalized spacial score (nSPS) is 12.3. The van der Waals surface area contributed by atoms with Crippen molar-refractivity contribution in [3.05, 3.63) is 24.4 Å². The molecule has 0 aliphatic rings. The SMILES string of the molecule is CC(C)c1cnc(-c2cnn(CC(F)(F)F)c2)o1. The number of rotatable bonds is 3. The molecule has 2 rings (SSSR count). The zero-order valence-electron chi connectivity index (χ0n) is 9.90. The molecule has 2 heterocycles. The zero-order valence-corrected chi connectivity index (χ0v) is 9.90. The number of hydrogen-bond donors (Lipinski definition) is 0. The number of hydrogen-bond acceptors (Lipinski definition) is 3. The maximum atomic E-state index is 12.2. The third kappa shape index (κ3) is 2.91. The molecule has 0 spiro atoms. The van der Waals surface area contributed by atoms with E-state index < -0.39 is 12.7 Å². The molecule has 0 saturated heterocycles. The van der Waals surface area contributed by atoms with Crippen molar-refractivity contribution in [2.75, 3.05) is 0 Å². The van der Waals surface area contributed by atoms with E-state index in [9.17, 15) is 13.2 Å². The predicted molar refractivity (Wildman–Crippen MR) is 57.9 cm³/mol. The van der Waals surface area contributed by atoms with Crippen molar-refractivity contribution in [1.29, 1.82) is 0 Å². The van der Waals surface area contributed by atoms with Gasteiger partial charge in [0.15, 0.2) is 0 Å². The molecule has 18 heavy (non-hydrogen) atoms. The lowest BCUT2D eigenvalue weighted by Crippen LogP contribution is -2.17. The second kappa shape index (κ2) is 4.47. The van der Waals surface area contributed by atoms with E-state index in [0.29, 0.717) is 11.3 Å². The summed E-state index contributed by atoms with van der Waals surface area (Å²) in [5.74, 6) is 1.15. The molecule has 0 amide bonds. The largest absolute Gasteiger partial charge is 0.441 e. The molecule has 2 aromatic heterocycles. The van der Waals surface area contributed by atoms with Gasteiger partial charge < -0.3 is 4.42 Å². The highest BCUT2D eigenvalue weighted by molar-refractivity contribution is 5.49. The highest BCUT2D eigenvalue weighted by Crippen LogP contribution is 2.24. The van der Waals surface area contributed by atoms with Crippen molar-refractivity contribution in [3.8, 4) is 11.5 Å². The fraction of sp³-hybridized carbons (Fsp3) is 0.455. The molecule has 0 bridgehead atoms. The van der Waals surface area contributed by atoms with Crippen molar-refractivity contribution in [3.63, 3.8) is 0 Å². The molecule has 0 radical (unpaired) electrons. The highest BCUT2D eigenvalue weighted by atomic mass is 19.4. The van der Waals surface area contributed by atoms with Crippen molar-refractivity contribution in [2.45, 2.75) is 32.5 Å². The molecule has 0 unspecified atom stereocenters. The molecule has 0 aromatic carbocycles. The molecule has 0 N–H and O–H groups in total. The van der Waals surface area contributed by atoms with Gasteiger partial charge in [-0.05, 0) is 0 Å². The van der Waals surface area contributed by atoms with E-state index in [-0.39, 0.29) is 11.8 Å². The van der Waals surface area contributed by atoms with Gasteiger partial charge >= 0.3 is 6.18 Å². The van der Waals surface area contributed by atoms with E-state index in [1.54, 1.807) is 6.20 Å². The molecular formula is C11H12F3N3O. The molecule has 0 fully saturated rings. The van der Waals surface area contributed by atoms with Crippen LogP contribution in [0.2, 0.25) is 0 Å². The second-order valence-electron chi connectivity index (χ2n) is 4.26. The monoisotopic (exact) mass is 259 g/mol. The van der Waals surface area contributed by atoms with Crippen LogP contribution in [0.5, 0.6) is 0 Å². The minimum Gasteiger partial charge on any atom is -0.441 e. The molecule has 2 aromatic rings. The van der Waals surface area contributed by atoms with Crippen LogP contribution in [0.25, 0.3) is 11.5 Å². The fourth-order valence-corrected chi connectivity index (χ4v) is 1.43. The Balaban J connectivity index is 2.18. The van der Waals surface area contributed by atoms with Crippen molar-refractivity contribution in [1.82, 2.24) is 14.8 Å². The minimum absolute atomic E-state index is 0.177. The lowest BCUT2D eigenvalue weighted by Gasteiger charge is -2.04. The summed E-state index contributed by atoms with van der Waals surface area (Å²) >= 11 is 0. The van der Waals surface area contributed by atoms with Crippen molar-refractivity contribution >= 4 is 0 Å². The van der Waals surface area contributed by atoms with Crippen LogP contribution >= 0.6 is 0 Å². The summed E-state index contributed by atoms with van der Waals surface area (Å²) < 4.78 is 42.7. The highest BCUT2D eigenvalue weighted by Gasteiger charge is 2.28. The lowest BCUT2D eigenvalue weighted by atomic mass is 10.2. The molecule has 0 saturated carbocycles. The van der Waals surface area contributed by atoms with Crippen LogP contribution in [0.4, 0.5) is 13.2 Å². The summed E-state index contributed by atoms with van der Waals surface area (Å²) in [6.45, 7) is 2.76. The van der Waals surface area contributed by atoms with Crippen LogP contribution in [0.1, 0.15) is 25.5 Å². The van der Waals surface area contributed by atoms with Crippen LogP contribution < -0.4 is 0 Å². The summed E-state index contributed by atoms with van der Waals surface area (Å²) in [5.41, 5.74) is 0.436. The third-order valence-electron chi connectivity index (χ3n) is 2.31. The first-order chi connectivity index (χ1) is 8.35. The number of aromatic nitrogens is 3. The van der Waals surface area contributed by atoms with E-state index in [0.717, 1.165) is 4.68 Å². The topological polar surface area (TPSA) is 43.9 Å². The van der Waals surface area contributed by atoms with E-state index in [1.165, 1.54) is 12.4 Å². The predicted octanol–water partition coefficient (Wildman–Crippen LogP) is 3.22. The van der Waals surface area contributed by atoms with Gasteiger partial charge in [0.05, 0.1) is 18.0 Å². The summed E-state index contributed by atoms with van der Waals surface area (Å²) in [5, 5.41) is 3.63. The Labute approximate surface area is 101 Å². The van der Waals surface area contributed by atoms with Gasteiger partial charge in [0.2, 0.25) is 5.89 Å². The number of oxazole rings is 1. The van der Waals surface area contributed by atoms with Gasteiger partial charge in [0.25, 0.3) is 0 Å². The van der Waals surface area contributed by atoms with E-state index in [4.69, 9.17) is 4.42 Å². The minimum atomic E-state index is -4.29. The quantitative estimate of drug-likeness (QED) is 0.850. The first-order valence-corrected chi connectivity index (χ1v) is 5.40. The molecule has 0 aliphatic carbocycles. The maximum absolute atomic E-state index is 12.2. The Morgan fingerprint density at radius 3 is 2.61 bits per heavy atom.